The van der Waals surface area contributed by atoms with Gasteiger partial charge in [0.1, 0.15) is 11.6 Å². The molecule has 2 rings (SSSR count). The van der Waals surface area contributed by atoms with Gasteiger partial charge in [-0.15, -0.1) is 0 Å². The van der Waals surface area contributed by atoms with Crippen LogP contribution in [-0.2, 0) is 11.2 Å². The molecule has 0 bridgehead atoms. The van der Waals surface area contributed by atoms with Crippen molar-refractivity contribution in [1.29, 1.82) is 0 Å². The van der Waals surface area contributed by atoms with Gasteiger partial charge in [0, 0.05) is 24.1 Å². The quantitative estimate of drug-likeness (QED) is 0.869. The van der Waals surface area contributed by atoms with E-state index in [9.17, 15) is 8.78 Å². The number of halogens is 3. The molecule has 1 aliphatic heterocycles. The van der Waals surface area contributed by atoms with Crippen LogP contribution in [0.5, 0.6) is 0 Å². The molecule has 2 unspecified atom stereocenters. The van der Waals surface area contributed by atoms with E-state index < -0.39 is 11.6 Å². The predicted octanol–water partition coefficient (Wildman–Crippen LogP) is 3.02. The van der Waals surface area contributed by atoms with Crippen LogP contribution in [0.25, 0.3) is 0 Å². The number of hydrogen-bond acceptors (Lipinski definition) is 2. The first-order chi connectivity index (χ1) is 8.50. The van der Waals surface area contributed by atoms with E-state index in [0.717, 1.165) is 6.42 Å². The summed E-state index contributed by atoms with van der Waals surface area (Å²) in [5, 5.41) is 0. The summed E-state index contributed by atoms with van der Waals surface area (Å²) in [4.78, 5) is 0. The second-order valence-electron chi connectivity index (χ2n) is 4.83. The molecule has 100 valence electrons. The number of nitrogens with two attached hydrogens (primary N) is 1. The third-order valence-corrected chi connectivity index (χ3v) is 4.52. The van der Waals surface area contributed by atoms with Crippen molar-refractivity contribution in [2.24, 2.45) is 11.1 Å². The van der Waals surface area contributed by atoms with Crippen LogP contribution in [0, 0.1) is 17.0 Å². The topological polar surface area (TPSA) is 35.2 Å². The summed E-state index contributed by atoms with van der Waals surface area (Å²) in [5.74, 6) is -1.07. The highest BCUT2D eigenvalue weighted by atomic mass is 79.9. The second kappa shape index (κ2) is 5.23. The first-order valence-corrected chi connectivity index (χ1v) is 6.73. The fourth-order valence-electron chi connectivity index (χ4n) is 2.47. The number of rotatable bonds is 3. The number of benzene rings is 1. The number of ether oxygens (including phenoxy) is 1. The number of hydrogen-bond donors (Lipinski definition) is 1. The maximum atomic E-state index is 14.0. The smallest absolute Gasteiger partial charge is 0.143 e. The summed E-state index contributed by atoms with van der Waals surface area (Å²) >= 11 is 3.08. The van der Waals surface area contributed by atoms with Crippen LogP contribution in [0.3, 0.4) is 0 Å². The van der Waals surface area contributed by atoms with Crippen LogP contribution in [-0.4, -0.2) is 19.3 Å². The highest BCUT2D eigenvalue weighted by molar-refractivity contribution is 9.10. The standard InChI is InChI=1S/C13H16BrF2NO/c1-8-13(7-17,4-5-18-8)6-9-11(15)3-2-10(14)12(9)16/h2-3,8H,4-7,17H2,1H3. The molecule has 0 amide bonds. The van der Waals surface area contributed by atoms with Crippen molar-refractivity contribution < 1.29 is 13.5 Å². The van der Waals surface area contributed by atoms with E-state index in [1.54, 1.807) is 0 Å². The lowest BCUT2D eigenvalue weighted by Crippen LogP contribution is -2.39. The molecule has 0 spiro atoms. The summed E-state index contributed by atoms with van der Waals surface area (Å²) in [6, 6.07) is 2.64. The van der Waals surface area contributed by atoms with E-state index in [4.69, 9.17) is 10.5 Å². The van der Waals surface area contributed by atoms with Gasteiger partial charge in [-0.3, -0.25) is 0 Å². The average molecular weight is 320 g/mol. The second-order valence-corrected chi connectivity index (χ2v) is 5.68. The van der Waals surface area contributed by atoms with Crippen LogP contribution < -0.4 is 5.73 Å². The molecule has 0 aromatic heterocycles. The van der Waals surface area contributed by atoms with Crippen molar-refractivity contribution in [3.8, 4) is 0 Å². The zero-order valence-corrected chi connectivity index (χ0v) is 11.8. The van der Waals surface area contributed by atoms with Gasteiger partial charge in [0.2, 0.25) is 0 Å². The van der Waals surface area contributed by atoms with Crippen LogP contribution in [0.4, 0.5) is 8.78 Å². The van der Waals surface area contributed by atoms with E-state index in [1.165, 1.54) is 12.1 Å². The van der Waals surface area contributed by atoms with Crippen molar-refractivity contribution in [3.05, 3.63) is 33.8 Å². The Morgan fingerprint density at radius 1 is 1.50 bits per heavy atom. The summed E-state index contributed by atoms with van der Waals surface area (Å²) < 4.78 is 33.5. The molecule has 0 radical (unpaired) electrons. The fraction of sp³-hybridized carbons (Fsp3) is 0.538. The molecule has 2 N–H and O–H groups in total. The SMILES string of the molecule is CC1OCCC1(CN)Cc1c(F)ccc(Br)c1F. The maximum absolute atomic E-state index is 14.0. The lowest BCUT2D eigenvalue weighted by molar-refractivity contribution is 0.0665. The molecule has 0 aliphatic carbocycles. The molecule has 18 heavy (non-hydrogen) atoms. The van der Waals surface area contributed by atoms with E-state index in [1.807, 2.05) is 6.92 Å². The first kappa shape index (κ1) is 13.9. The van der Waals surface area contributed by atoms with Crippen molar-refractivity contribution in [2.45, 2.75) is 25.9 Å². The minimum atomic E-state index is -0.540. The molecule has 0 saturated carbocycles. The Bertz CT molecular complexity index is 455. The molecule has 1 saturated heterocycles. The molecular formula is C13H16BrF2NO. The molecule has 1 aromatic rings. The Morgan fingerprint density at radius 3 is 2.78 bits per heavy atom. The van der Waals surface area contributed by atoms with E-state index >= 15 is 0 Å². The minimum Gasteiger partial charge on any atom is -0.378 e. The lowest BCUT2D eigenvalue weighted by Gasteiger charge is -2.31. The average Bonchev–Trinajstić information content (AvgIpc) is 2.72. The Morgan fingerprint density at radius 2 is 2.22 bits per heavy atom. The molecule has 2 nitrogen and oxygen atoms in total. The normalized spacial score (nSPS) is 27.7. The Kier molecular flexibility index (Phi) is 4.04. The monoisotopic (exact) mass is 319 g/mol. The predicted molar refractivity (Wildman–Crippen MR) is 69.3 cm³/mol. The molecular weight excluding hydrogens is 304 g/mol. The van der Waals surface area contributed by atoms with Gasteiger partial charge in [-0.05, 0) is 47.8 Å². The van der Waals surface area contributed by atoms with Gasteiger partial charge in [-0.25, -0.2) is 8.78 Å². The third kappa shape index (κ3) is 2.31. The van der Waals surface area contributed by atoms with E-state index in [0.29, 0.717) is 13.2 Å². The van der Waals surface area contributed by atoms with Gasteiger partial charge in [-0.1, -0.05) is 0 Å². The summed E-state index contributed by atoms with van der Waals surface area (Å²) in [5.41, 5.74) is 5.53. The van der Waals surface area contributed by atoms with E-state index in [2.05, 4.69) is 15.9 Å². The van der Waals surface area contributed by atoms with Gasteiger partial charge >= 0.3 is 0 Å². The van der Waals surface area contributed by atoms with Gasteiger partial charge in [0.15, 0.2) is 0 Å². The highest BCUT2D eigenvalue weighted by Crippen LogP contribution is 2.39. The van der Waals surface area contributed by atoms with Crippen molar-refractivity contribution in [3.63, 3.8) is 0 Å². The van der Waals surface area contributed by atoms with Gasteiger partial charge in [0.05, 0.1) is 10.6 Å². The zero-order valence-electron chi connectivity index (χ0n) is 10.2. The molecule has 1 heterocycles. The van der Waals surface area contributed by atoms with Crippen LogP contribution in [0.15, 0.2) is 16.6 Å². The van der Waals surface area contributed by atoms with Crippen molar-refractivity contribution in [2.75, 3.05) is 13.2 Å². The fourth-order valence-corrected chi connectivity index (χ4v) is 2.85. The van der Waals surface area contributed by atoms with E-state index in [-0.39, 0.29) is 28.0 Å². The Balaban J connectivity index is 2.36. The molecule has 2 atom stereocenters. The molecule has 1 aromatic carbocycles. The summed E-state index contributed by atoms with van der Waals surface area (Å²) in [6.07, 6.45) is 0.915. The largest absolute Gasteiger partial charge is 0.378 e. The molecule has 1 fully saturated rings. The van der Waals surface area contributed by atoms with Gasteiger partial charge < -0.3 is 10.5 Å². The molecule has 5 heteroatoms. The Hall–Kier alpha value is -0.520. The Labute approximate surface area is 114 Å². The minimum absolute atomic E-state index is 0.0831. The van der Waals surface area contributed by atoms with Crippen LogP contribution >= 0.6 is 15.9 Å². The summed E-state index contributed by atoms with van der Waals surface area (Å²) in [7, 11) is 0. The maximum Gasteiger partial charge on any atom is 0.143 e. The van der Waals surface area contributed by atoms with Crippen LogP contribution in [0.2, 0.25) is 0 Å². The summed E-state index contributed by atoms with van der Waals surface area (Å²) in [6.45, 7) is 2.86. The first-order valence-electron chi connectivity index (χ1n) is 5.94. The van der Waals surface area contributed by atoms with Gasteiger partial charge in [0.25, 0.3) is 0 Å². The molecule has 1 aliphatic rings. The highest BCUT2D eigenvalue weighted by Gasteiger charge is 2.41. The van der Waals surface area contributed by atoms with Crippen molar-refractivity contribution in [1.82, 2.24) is 0 Å². The van der Waals surface area contributed by atoms with Gasteiger partial charge in [-0.2, -0.15) is 0 Å². The zero-order chi connectivity index (χ0) is 13.3. The lowest BCUT2D eigenvalue weighted by atomic mass is 9.76. The third-order valence-electron chi connectivity index (χ3n) is 3.90. The van der Waals surface area contributed by atoms with Crippen molar-refractivity contribution >= 4 is 15.9 Å². The van der Waals surface area contributed by atoms with Crippen LogP contribution in [0.1, 0.15) is 18.9 Å².